The highest BCUT2D eigenvalue weighted by molar-refractivity contribution is 9.11. The third-order valence-electron chi connectivity index (χ3n) is 3.12. The first kappa shape index (κ1) is 15.7. The topological polar surface area (TPSA) is 42.7 Å². The number of nitrogens with one attached hydrogen (secondary N) is 1. The van der Waals surface area contributed by atoms with E-state index in [0.717, 1.165) is 26.8 Å². The minimum Gasteiger partial charge on any atom is -0.311 e. The molecule has 0 saturated heterocycles. The zero-order valence-electron chi connectivity index (χ0n) is 11.8. The van der Waals surface area contributed by atoms with E-state index in [2.05, 4.69) is 67.2 Å². The summed E-state index contributed by atoms with van der Waals surface area (Å²) in [5.74, 6) is 0. The van der Waals surface area contributed by atoms with Gasteiger partial charge in [-0.15, -0.1) is 0 Å². The van der Waals surface area contributed by atoms with Crippen LogP contribution in [0.5, 0.6) is 0 Å². The van der Waals surface area contributed by atoms with Crippen LogP contribution in [0, 0.1) is 0 Å². The number of pyridine rings is 1. The predicted molar refractivity (Wildman–Crippen MR) is 87.8 cm³/mol. The van der Waals surface area contributed by atoms with E-state index >= 15 is 0 Å². The van der Waals surface area contributed by atoms with Crippen LogP contribution in [0.1, 0.15) is 37.3 Å². The van der Waals surface area contributed by atoms with Gasteiger partial charge in [0.25, 0.3) is 0 Å². The molecule has 6 heteroatoms. The molecule has 0 spiro atoms. The lowest BCUT2D eigenvalue weighted by Crippen LogP contribution is -2.21. The van der Waals surface area contributed by atoms with Gasteiger partial charge in [-0.2, -0.15) is 5.10 Å². The maximum atomic E-state index is 4.59. The summed E-state index contributed by atoms with van der Waals surface area (Å²) in [5, 5.41) is 7.90. The van der Waals surface area contributed by atoms with E-state index in [1.165, 1.54) is 0 Å². The summed E-state index contributed by atoms with van der Waals surface area (Å²) in [4.78, 5) is 4.50. The van der Waals surface area contributed by atoms with Crippen molar-refractivity contribution in [2.45, 2.75) is 32.4 Å². The van der Waals surface area contributed by atoms with E-state index in [-0.39, 0.29) is 6.04 Å². The van der Waals surface area contributed by atoms with Gasteiger partial charge in [0, 0.05) is 33.8 Å². The zero-order chi connectivity index (χ0) is 14.7. The number of nitrogens with zero attached hydrogens (tertiary/aromatic N) is 3. The van der Waals surface area contributed by atoms with Crippen LogP contribution in [0.25, 0.3) is 0 Å². The monoisotopic (exact) mass is 400 g/mol. The Hall–Kier alpha value is -0.720. The number of halogens is 2. The average Bonchev–Trinajstić information content (AvgIpc) is 2.85. The Morgan fingerprint density at radius 1 is 1.35 bits per heavy atom. The summed E-state index contributed by atoms with van der Waals surface area (Å²) in [6.07, 6.45) is 4.65. The molecule has 0 bridgehead atoms. The molecule has 2 rings (SSSR count). The third-order valence-corrected chi connectivity index (χ3v) is 4.19. The van der Waals surface area contributed by atoms with Gasteiger partial charge in [-0.1, -0.05) is 0 Å². The summed E-state index contributed by atoms with van der Waals surface area (Å²) >= 11 is 7.00. The molecule has 20 heavy (non-hydrogen) atoms. The van der Waals surface area contributed by atoms with Crippen LogP contribution in [0.15, 0.2) is 33.5 Å². The van der Waals surface area contributed by atoms with Crippen molar-refractivity contribution in [3.05, 3.63) is 44.9 Å². The molecule has 2 aromatic heterocycles. The standard InChI is InChI=1S/C14H18Br2N4/c1-9(2)20-5-4-11(19-20)7-13(17-3)14-12(16)6-10(15)8-18-14/h4-6,8-9,13,17H,7H2,1-3H3. The average molecular weight is 402 g/mol. The molecular formula is C14H18Br2N4. The maximum absolute atomic E-state index is 4.59. The lowest BCUT2D eigenvalue weighted by atomic mass is 10.1. The molecule has 1 atom stereocenters. The van der Waals surface area contributed by atoms with Crippen molar-refractivity contribution >= 4 is 31.9 Å². The molecule has 108 valence electrons. The molecule has 0 aliphatic heterocycles. The second-order valence-corrected chi connectivity index (χ2v) is 6.72. The second kappa shape index (κ2) is 6.83. The lowest BCUT2D eigenvalue weighted by Gasteiger charge is -2.16. The van der Waals surface area contributed by atoms with Crippen molar-refractivity contribution in [2.75, 3.05) is 7.05 Å². The quantitative estimate of drug-likeness (QED) is 0.826. The first-order valence-electron chi connectivity index (χ1n) is 6.53. The smallest absolute Gasteiger partial charge is 0.0719 e. The zero-order valence-corrected chi connectivity index (χ0v) is 14.9. The van der Waals surface area contributed by atoms with Gasteiger partial charge in [0.15, 0.2) is 0 Å². The van der Waals surface area contributed by atoms with Crippen molar-refractivity contribution < 1.29 is 0 Å². The molecular weight excluding hydrogens is 384 g/mol. The highest BCUT2D eigenvalue weighted by Gasteiger charge is 2.17. The van der Waals surface area contributed by atoms with Gasteiger partial charge >= 0.3 is 0 Å². The molecule has 2 aromatic rings. The molecule has 0 saturated carbocycles. The van der Waals surface area contributed by atoms with Crippen LogP contribution in [-0.2, 0) is 6.42 Å². The van der Waals surface area contributed by atoms with Crippen molar-refractivity contribution in [1.29, 1.82) is 0 Å². The number of likely N-dealkylation sites (N-methyl/N-ethyl adjacent to an activating group) is 1. The van der Waals surface area contributed by atoms with Gasteiger partial charge in [-0.25, -0.2) is 0 Å². The summed E-state index contributed by atoms with van der Waals surface area (Å²) in [6, 6.07) is 4.60. The molecule has 0 fully saturated rings. The van der Waals surface area contributed by atoms with Crippen molar-refractivity contribution in [1.82, 2.24) is 20.1 Å². The van der Waals surface area contributed by atoms with E-state index in [0.29, 0.717) is 6.04 Å². The molecule has 1 N–H and O–H groups in total. The molecule has 0 amide bonds. The van der Waals surface area contributed by atoms with Crippen molar-refractivity contribution in [3.63, 3.8) is 0 Å². The summed E-state index contributed by atoms with van der Waals surface area (Å²) in [6.45, 7) is 4.25. The van der Waals surface area contributed by atoms with Gasteiger partial charge in [-0.3, -0.25) is 9.67 Å². The van der Waals surface area contributed by atoms with E-state index in [1.54, 1.807) is 0 Å². The molecule has 0 aliphatic carbocycles. The van der Waals surface area contributed by atoms with E-state index in [1.807, 2.05) is 30.2 Å². The molecule has 0 aliphatic rings. The lowest BCUT2D eigenvalue weighted by molar-refractivity contribution is 0.512. The summed E-state index contributed by atoms with van der Waals surface area (Å²) in [5.41, 5.74) is 2.06. The Morgan fingerprint density at radius 2 is 2.10 bits per heavy atom. The van der Waals surface area contributed by atoms with Crippen LogP contribution < -0.4 is 5.32 Å². The Balaban J connectivity index is 2.19. The van der Waals surface area contributed by atoms with E-state index < -0.39 is 0 Å². The molecule has 0 radical (unpaired) electrons. The number of hydrogen-bond acceptors (Lipinski definition) is 3. The first-order chi connectivity index (χ1) is 9.51. The normalized spacial score (nSPS) is 12.9. The first-order valence-corrected chi connectivity index (χ1v) is 8.12. The van der Waals surface area contributed by atoms with Crippen molar-refractivity contribution in [2.24, 2.45) is 0 Å². The number of hydrogen-bond donors (Lipinski definition) is 1. The number of aromatic nitrogens is 3. The van der Waals surface area contributed by atoms with Crippen LogP contribution in [0.3, 0.4) is 0 Å². The minimum atomic E-state index is 0.132. The molecule has 4 nitrogen and oxygen atoms in total. The second-order valence-electron chi connectivity index (χ2n) is 4.95. The Labute approximate surface area is 136 Å². The fraction of sp³-hybridized carbons (Fsp3) is 0.429. The van der Waals surface area contributed by atoms with Crippen molar-refractivity contribution in [3.8, 4) is 0 Å². The molecule has 0 aromatic carbocycles. The largest absolute Gasteiger partial charge is 0.311 e. The minimum absolute atomic E-state index is 0.132. The highest BCUT2D eigenvalue weighted by Crippen LogP contribution is 2.26. The van der Waals surface area contributed by atoms with Gasteiger partial charge in [0.2, 0.25) is 0 Å². The Kier molecular flexibility index (Phi) is 5.35. The highest BCUT2D eigenvalue weighted by atomic mass is 79.9. The SMILES string of the molecule is CNC(Cc1ccn(C(C)C)n1)c1ncc(Br)cc1Br. The summed E-state index contributed by atoms with van der Waals surface area (Å²) < 4.78 is 3.94. The van der Waals surface area contributed by atoms with E-state index in [9.17, 15) is 0 Å². The van der Waals surface area contributed by atoms with Gasteiger partial charge < -0.3 is 5.32 Å². The van der Waals surface area contributed by atoms with Crippen LogP contribution in [0.4, 0.5) is 0 Å². The van der Waals surface area contributed by atoms with Gasteiger partial charge in [0.05, 0.1) is 17.4 Å². The van der Waals surface area contributed by atoms with Gasteiger partial charge in [0.1, 0.15) is 0 Å². The Bertz CT molecular complexity index is 580. The van der Waals surface area contributed by atoms with Gasteiger partial charge in [-0.05, 0) is 64.9 Å². The predicted octanol–water partition coefficient (Wildman–Crippen LogP) is 3.89. The molecule has 2 heterocycles. The van der Waals surface area contributed by atoms with Crippen LogP contribution in [-0.4, -0.2) is 21.8 Å². The number of rotatable bonds is 5. The van der Waals surface area contributed by atoms with E-state index in [4.69, 9.17) is 0 Å². The van der Waals surface area contributed by atoms with Crippen LogP contribution in [0.2, 0.25) is 0 Å². The molecule has 1 unspecified atom stereocenters. The third kappa shape index (κ3) is 3.68. The summed E-state index contributed by atoms with van der Waals surface area (Å²) in [7, 11) is 1.94. The fourth-order valence-electron chi connectivity index (χ4n) is 2.00. The van der Waals surface area contributed by atoms with Crippen LogP contribution >= 0.6 is 31.9 Å². The fourth-order valence-corrected chi connectivity index (χ4v) is 3.26. The Morgan fingerprint density at radius 3 is 2.65 bits per heavy atom. The maximum Gasteiger partial charge on any atom is 0.0719 e.